The molecule has 0 bridgehead atoms. The molecule has 2 heterocycles. The zero-order valence-electron chi connectivity index (χ0n) is 17.7. The summed E-state index contributed by atoms with van der Waals surface area (Å²) in [7, 11) is -3.64. The number of piperazine rings is 1. The van der Waals surface area contributed by atoms with Crippen LogP contribution >= 0.6 is 0 Å². The lowest BCUT2D eigenvalue weighted by Crippen LogP contribution is -2.53. The fourth-order valence-corrected chi connectivity index (χ4v) is 5.67. The van der Waals surface area contributed by atoms with Gasteiger partial charge in [-0.05, 0) is 50.1 Å². The molecule has 0 saturated carbocycles. The first-order valence-electron chi connectivity index (χ1n) is 10.0. The van der Waals surface area contributed by atoms with E-state index in [4.69, 9.17) is 4.52 Å². The summed E-state index contributed by atoms with van der Waals surface area (Å²) in [6, 6.07) is 13.6. The molecule has 3 aromatic rings. The minimum Gasteiger partial charge on any atom is -0.366 e. The van der Waals surface area contributed by atoms with Crippen LogP contribution < -0.4 is 4.90 Å². The Morgan fingerprint density at radius 3 is 2.53 bits per heavy atom. The average molecular weight is 427 g/mol. The van der Waals surface area contributed by atoms with E-state index >= 15 is 0 Å². The molecular weight excluding hydrogens is 400 g/mol. The van der Waals surface area contributed by atoms with Crippen LogP contribution in [0.4, 0.5) is 5.69 Å². The number of aromatic nitrogens is 2. The third kappa shape index (κ3) is 3.85. The van der Waals surface area contributed by atoms with Crippen molar-refractivity contribution in [3.05, 3.63) is 59.5 Å². The summed E-state index contributed by atoms with van der Waals surface area (Å²) in [6.07, 6.45) is 0. The number of anilines is 1. The predicted octanol–water partition coefficient (Wildman–Crippen LogP) is 3.56. The maximum Gasteiger partial charge on any atom is 0.243 e. The summed E-state index contributed by atoms with van der Waals surface area (Å²) in [5.41, 5.74) is 3.65. The van der Waals surface area contributed by atoms with Crippen molar-refractivity contribution in [1.29, 1.82) is 0 Å². The van der Waals surface area contributed by atoms with Gasteiger partial charge in [-0.2, -0.15) is 9.29 Å². The van der Waals surface area contributed by atoms with Gasteiger partial charge < -0.3 is 9.42 Å². The van der Waals surface area contributed by atoms with E-state index in [-0.39, 0.29) is 6.04 Å². The fourth-order valence-electron chi connectivity index (χ4n) is 3.91. The largest absolute Gasteiger partial charge is 0.366 e. The van der Waals surface area contributed by atoms with Crippen LogP contribution in [0.15, 0.2) is 51.9 Å². The molecule has 4 rings (SSSR count). The Hall–Kier alpha value is -2.71. The van der Waals surface area contributed by atoms with Crippen molar-refractivity contribution in [2.45, 2.75) is 38.6 Å². The van der Waals surface area contributed by atoms with Crippen LogP contribution in [0.3, 0.4) is 0 Å². The number of sulfonamides is 1. The lowest BCUT2D eigenvalue weighted by atomic mass is 10.1. The average Bonchev–Trinajstić information content (AvgIpc) is 3.14. The normalized spacial score (nSPS) is 18.0. The second-order valence-corrected chi connectivity index (χ2v) is 9.77. The van der Waals surface area contributed by atoms with Crippen molar-refractivity contribution in [2.24, 2.45) is 0 Å². The lowest BCUT2D eigenvalue weighted by molar-refractivity contribution is 0.342. The van der Waals surface area contributed by atoms with E-state index in [9.17, 15) is 8.42 Å². The Kier molecular flexibility index (Phi) is 5.38. The summed E-state index contributed by atoms with van der Waals surface area (Å²) in [5, 5.41) is 3.91. The Bertz CT molecular complexity index is 1170. The van der Waals surface area contributed by atoms with Crippen molar-refractivity contribution in [3.8, 4) is 11.4 Å². The van der Waals surface area contributed by atoms with Crippen LogP contribution in [0, 0.1) is 20.8 Å². The monoisotopic (exact) mass is 426 g/mol. The van der Waals surface area contributed by atoms with Gasteiger partial charge in [0.25, 0.3) is 0 Å². The molecule has 1 atom stereocenters. The second-order valence-electron chi connectivity index (χ2n) is 7.86. The topological polar surface area (TPSA) is 79.5 Å². The summed E-state index contributed by atoms with van der Waals surface area (Å²) < 4.78 is 33.6. The van der Waals surface area contributed by atoms with Crippen LogP contribution in [0.2, 0.25) is 0 Å². The molecule has 0 radical (unpaired) electrons. The maximum absolute atomic E-state index is 13.5. The molecule has 8 heteroatoms. The van der Waals surface area contributed by atoms with Gasteiger partial charge >= 0.3 is 0 Å². The van der Waals surface area contributed by atoms with Gasteiger partial charge in [-0.1, -0.05) is 29.4 Å². The minimum absolute atomic E-state index is 0.0682. The number of benzene rings is 2. The van der Waals surface area contributed by atoms with Gasteiger partial charge in [-0.3, -0.25) is 0 Å². The number of rotatable bonds is 4. The summed E-state index contributed by atoms with van der Waals surface area (Å²) >= 11 is 0. The highest BCUT2D eigenvalue weighted by Gasteiger charge is 2.33. The van der Waals surface area contributed by atoms with Crippen molar-refractivity contribution in [3.63, 3.8) is 0 Å². The van der Waals surface area contributed by atoms with Crippen molar-refractivity contribution < 1.29 is 12.9 Å². The smallest absolute Gasteiger partial charge is 0.243 e. The van der Waals surface area contributed by atoms with Crippen LogP contribution in [0.1, 0.15) is 23.9 Å². The van der Waals surface area contributed by atoms with Crippen LogP contribution in [-0.2, 0) is 10.0 Å². The zero-order chi connectivity index (χ0) is 21.5. The number of hydrogen-bond acceptors (Lipinski definition) is 6. The highest BCUT2D eigenvalue weighted by atomic mass is 32.2. The van der Waals surface area contributed by atoms with Gasteiger partial charge in [0, 0.05) is 43.9 Å². The van der Waals surface area contributed by atoms with Crippen LogP contribution in [-0.4, -0.2) is 48.5 Å². The van der Waals surface area contributed by atoms with E-state index in [2.05, 4.69) is 47.1 Å². The molecule has 0 N–H and O–H groups in total. The first-order valence-corrected chi connectivity index (χ1v) is 11.4. The molecule has 1 saturated heterocycles. The lowest BCUT2D eigenvalue weighted by Gasteiger charge is -2.40. The molecule has 1 fully saturated rings. The predicted molar refractivity (Wildman–Crippen MR) is 116 cm³/mol. The first kappa shape index (κ1) is 20.6. The molecule has 1 aliphatic rings. The van der Waals surface area contributed by atoms with E-state index in [1.165, 1.54) is 5.56 Å². The molecule has 1 aromatic heterocycles. The van der Waals surface area contributed by atoms with E-state index in [1.54, 1.807) is 23.4 Å². The molecule has 1 aliphatic heterocycles. The zero-order valence-corrected chi connectivity index (χ0v) is 18.5. The molecule has 0 spiro atoms. The van der Waals surface area contributed by atoms with Crippen molar-refractivity contribution in [1.82, 2.24) is 14.4 Å². The molecule has 0 unspecified atom stereocenters. The van der Waals surface area contributed by atoms with Gasteiger partial charge in [-0.25, -0.2) is 8.42 Å². The van der Waals surface area contributed by atoms with Crippen molar-refractivity contribution in [2.75, 3.05) is 24.5 Å². The molecule has 0 amide bonds. The van der Waals surface area contributed by atoms with Crippen molar-refractivity contribution >= 4 is 15.7 Å². The van der Waals surface area contributed by atoms with Gasteiger partial charge in [0.1, 0.15) is 0 Å². The van der Waals surface area contributed by atoms with Crippen LogP contribution in [0.5, 0.6) is 0 Å². The van der Waals surface area contributed by atoms with Crippen LogP contribution in [0.25, 0.3) is 11.4 Å². The van der Waals surface area contributed by atoms with E-state index in [0.29, 0.717) is 47.4 Å². The summed E-state index contributed by atoms with van der Waals surface area (Å²) in [6.45, 7) is 9.16. The number of nitrogens with zero attached hydrogens (tertiary/aromatic N) is 4. The van der Waals surface area contributed by atoms with Gasteiger partial charge in [0.05, 0.1) is 4.90 Å². The number of hydrogen-bond donors (Lipinski definition) is 0. The molecule has 158 valence electrons. The summed E-state index contributed by atoms with van der Waals surface area (Å²) in [5.74, 6) is 0.831. The van der Waals surface area contributed by atoms with Gasteiger partial charge in [0.2, 0.25) is 21.7 Å². The van der Waals surface area contributed by atoms with E-state index < -0.39 is 10.0 Å². The second kappa shape index (κ2) is 7.85. The molecular formula is C22H26N4O3S. The third-order valence-corrected chi connectivity index (χ3v) is 7.52. The van der Waals surface area contributed by atoms with Gasteiger partial charge in [0.15, 0.2) is 0 Å². The highest BCUT2D eigenvalue weighted by Crippen LogP contribution is 2.29. The Labute approximate surface area is 177 Å². The number of aryl methyl sites for hydroxylation is 3. The quantitative estimate of drug-likeness (QED) is 0.635. The molecule has 0 aliphatic carbocycles. The first-order chi connectivity index (χ1) is 14.3. The Balaban J connectivity index is 1.60. The molecule has 7 nitrogen and oxygen atoms in total. The standard InChI is InChI=1S/C22H26N4O3S/c1-15-6-5-7-20(12-15)26-11-10-25(14-17(26)3)30(27,28)21-13-19(9-8-16(21)2)22-23-18(4)29-24-22/h5-9,12-13,17H,10-11,14H2,1-4H3/t17-/m1/s1. The Morgan fingerprint density at radius 1 is 1.07 bits per heavy atom. The minimum atomic E-state index is -3.64. The van der Waals surface area contributed by atoms with E-state index in [1.807, 2.05) is 19.1 Å². The highest BCUT2D eigenvalue weighted by molar-refractivity contribution is 7.89. The summed E-state index contributed by atoms with van der Waals surface area (Å²) in [4.78, 5) is 6.77. The van der Waals surface area contributed by atoms with Gasteiger partial charge in [-0.15, -0.1) is 0 Å². The molecule has 30 heavy (non-hydrogen) atoms. The fraction of sp³-hybridized carbons (Fsp3) is 0.364. The SMILES string of the molecule is Cc1cccc(N2CCN(S(=O)(=O)c3cc(-c4noc(C)n4)ccc3C)C[C@H]2C)c1. The Morgan fingerprint density at radius 2 is 1.87 bits per heavy atom. The third-order valence-electron chi connectivity index (χ3n) is 5.52. The maximum atomic E-state index is 13.5. The van der Waals surface area contributed by atoms with E-state index in [0.717, 1.165) is 5.69 Å². The molecule has 2 aromatic carbocycles.